The van der Waals surface area contributed by atoms with Crippen LogP contribution in [0.1, 0.15) is 18.3 Å². The Labute approximate surface area is 61.7 Å². The molecule has 10 heavy (non-hydrogen) atoms. The number of fused-ring (bicyclic) bond motifs is 1. The van der Waals surface area contributed by atoms with Gasteiger partial charge in [0.2, 0.25) is 0 Å². The molecule has 1 nitrogen and oxygen atoms in total. The Morgan fingerprint density at radius 3 is 3.00 bits per heavy atom. The zero-order chi connectivity index (χ0) is 7.14. The number of hydrogen-bond donors (Lipinski definition) is 0. The first-order valence-corrected chi connectivity index (χ1v) is 3.92. The summed E-state index contributed by atoms with van der Waals surface area (Å²) in [6.45, 7) is 5.72. The summed E-state index contributed by atoms with van der Waals surface area (Å²) in [5.41, 5.74) is 2.93. The molecule has 0 fully saturated rings. The van der Waals surface area contributed by atoms with Crippen LogP contribution in [-0.2, 0) is 13.0 Å². The number of rotatable bonds is 0. The third kappa shape index (κ3) is 0.698. The van der Waals surface area contributed by atoms with Gasteiger partial charge in [0.25, 0.3) is 0 Å². The Balaban J connectivity index is 2.44. The van der Waals surface area contributed by atoms with Gasteiger partial charge >= 0.3 is 0 Å². The van der Waals surface area contributed by atoms with Crippen LogP contribution in [0.25, 0.3) is 0 Å². The summed E-state index contributed by atoms with van der Waals surface area (Å²) in [5.74, 6) is 0.856. The zero-order valence-corrected chi connectivity index (χ0v) is 6.59. The fraction of sp³-hybridized carbons (Fsp3) is 0.556. The van der Waals surface area contributed by atoms with E-state index in [0.717, 1.165) is 5.92 Å². The summed E-state index contributed by atoms with van der Waals surface area (Å²) < 4.78 is 2.42. The highest BCUT2D eigenvalue weighted by molar-refractivity contribution is 5.18. The van der Waals surface area contributed by atoms with Crippen molar-refractivity contribution in [3.63, 3.8) is 0 Å². The molecule has 1 atom stereocenters. The van der Waals surface area contributed by atoms with Gasteiger partial charge in [-0.3, -0.25) is 0 Å². The lowest BCUT2D eigenvalue weighted by atomic mass is 10.1. The van der Waals surface area contributed by atoms with Crippen LogP contribution in [0.5, 0.6) is 0 Å². The van der Waals surface area contributed by atoms with Crippen molar-refractivity contribution in [2.24, 2.45) is 5.92 Å². The maximum Gasteiger partial charge on any atom is 0.0254 e. The maximum absolute atomic E-state index is 2.42. The molecule has 1 aromatic rings. The quantitative estimate of drug-likeness (QED) is 0.512. The van der Waals surface area contributed by atoms with Gasteiger partial charge in [-0.2, -0.15) is 0 Å². The van der Waals surface area contributed by atoms with Crippen LogP contribution >= 0.6 is 0 Å². The van der Waals surface area contributed by atoms with E-state index >= 15 is 0 Å². The number of aromatic nitrogens is 1. The molecule has 0 aromatic carbocycles. The molecule has 54 valence electrons. The largest absolute Gasteiger partial charge is 0.349 e. The lowest BCUT2D eigenvalue weighted by molar-refractivity contribution is 0.558. The predicted molar refractivity (Wildman–Crippen MR) is 42.0 cm³/mol. The van der Waals surface area contributed by atoms with Crippen molar-refractivity contribution >= 4 is 0 Å². The molecule has 1 unspecified atom stereocenters. The van der Waals surface area contributed by atoms with Crippen LogP contribution in [0.2, 0.25) is 0 Å². The average molecular weight is 135 g/mol. The number of aryl methyl sites for hydroxylation is 1. The van der Waals surface area contributed by atoms with Crippen molar-refractivity contribution in [1.82, 2.24) is 4.57 Å². The summed E-state index contributed by atoms with van der Waals surface area (Å²) in [7, 11) is 0. The Morgan fingerprint density at radius 1 is 1.50 bits per heavy atom. The van der Waals surface area contributed by atoms with Crippen molar-refractivity contribution in [2.45, 2.75) is 26.8 Å². The first kappa shape index (κ1) is 6.02. The van der Waals surface area contributed by atoms with Gasteiger partial charge in [-0.15, -0.1) is 0 Å². The minimum Gasteiger partial charge on any atom is -0.349 e. The van der Waals surface area contributed by atoms with Crippen molar-refractivity contribution in [2.75, 3.05) is 0 Å². The molecule has 0 spiro atoms. The van der Waals surface area contributed by atoms with Gasteiger partial charge in [0.05, 0.1) is 0 Å². The summed E-state index contributed by atoms with van der Waals surface area (Å²) in [6.07, 6.45) is 1.27. The molecular formula is C9H13N. The molecule has 0 N–H and O–H groups in total. The zero-order valence-electron chi connectivity index (χ0n) is 6.59. The van der Waals surface area contributed by atoms with Gasteiger partial charge in [-0.25, -0.2) is 0 Å². The van der Waals surface area contributed by atoms with Crippen LogP contribution in [0.4, 0.5) is 0 Å². The van der Waals surface area contributed by atoms with Crippen molar-refractivity contribution < 1.29 is 0 Å². The second kappa shape index (κ2) is 1.88. The molecule has 1 aliphatic heterocycles. The lowest BCUT2D eigenvalue weighted by Crippen LogP contribution is -1.98. The Hall–Kier alpha value is -0.720. The van der Waals surface area contributed by atoms with Gasteiger partial charge in [0.1, 0.15) is 0 Å². The Morgan fingerprint density at radius 2 is 2.30 bits per heavy atom. The summed E-state index contributed by atoms with van der Waals surface area (Å²) in [4.78, 5) is 0. The van der Waals surface area contributed by atoms with Crippen LogP contribution in [0.3, 0.4) is 0 Å². The van der Waals surface area contributed by atoms with E-state index in [9.17, 15) is 0 Å². The van der Waals surface area contributed by atoms with E-state index in [4.69, 9.17) is 0 Å². The van der Waals surface area contributed by atoms with E-state index < -0.39 is 0 Å². The summed E-state index contributed by atoms with van der Waals surface area (Å²) in [6, 6.07) is 4.46. The average Bonchev–Trinajstić information content (AvgIpc) is 2.35. The van der Waals surface area contributed by atoms with E-state index in [2.05, 4.69) is 30.5 Å². The van der Waals surface area contributed by atoms with E-state index in [1.54, 1.807) is 0 Å². The van der Waals surface area contributed by atoms with Gasteiger partial charge in [0, 0.05) is 17.9 Å². The minimum absolute atomic E-state index is 0.856. The lowest BCUT2D eigenvalue weighted by Gasteiger charge is -2.00. The topological polar surface area (TPSA) is 4.93 Å². The highest BCUT2D eigenvalue weighted by atomic mass is 15.0. The van der Waals surface area contributed by atoms with Gasteiger partial charge in [-0.1, -0.05) is 6.92 Å². The highest BCUT2D eigenvalue weighted by Gasteiger charge is 2.17. The molecule has 2 heterocycles. The molecule has 0 aliphatic carbocycles. The molecule has 1 heteroatoms. The Kier molecular flexibility index (Phi) is 1.13. The molecule has 1 aromatic heterocycles. The van der Waals surface area contributed by atoms with Crippen molar-refractivity contribution in [1.29, 1.82) is 0 Å². The molecule has 0 bridgehead atoms. The van der Waals surface area contributed by atoms with Gasteiger partial charge in [-0.05, 0) is 31.4 Å². The molecular weight excluding hydrogens is 122 g/mol. The third-order valence-electron chi connectivity index (χ3n) is 2.34. The monoisotopic (exact) mass is 135 g/mol. The molecule has 2 rings (SSSR count). The summed E-state index contributed by atoms with van der Waals surface area (Å²) >= 11 is 0. The fourth-order valence-electron chi connectivity index (χ4n) is 1.80. The first-order valence-electron chi connectivity index (χ1n) is 3.92. The number of nitrogens with zero attached hydrogens (tertiary/aromatic N) is 1. The number of hydrogen-bond acceptors (Lipinski definition) is 0. The van der Waals surface area contributed by atoms with E-state index in [1.165, 1.54) is 24.4 Å². The van der Waals surface area contributed by atoms with E-state index in [0.29, 0.717) is 0 Å². The summed E-state index contributed by atoms with van der Waals surface area (Å²) in [5, 5.41) is 0. The van der Waals surface area contributed by atoms with Gasteiger partial charge < -0.3 is 4.57 Å². The SMILES string of the molecule is Cc1ccc2n1CC(C)C2. The second-order valence-electron chi connectivity index (χ2n) is 3.39. The third-order valence-corrected chi connectivity index (χ3v) is 2.34. The normalized spacial score (nSPS) is 23.2. The predicted octanol–water partition coefficient (Wildman–Crippen LogP) is 1.99. The smallest absolute Gasteiger partial charge is 0.0254 e. The fourth-order valence-corrected chi connectivity index (χ4v) is 1.80. The second-order valence-corrected chi connectivity index (χ2v) is 3.39. The Bertz CT molecular complexity index is 247. The van der Waals surface area contributed by atoms with Crippen molar-refractivity contribution in [3.05, 3.63) is 23.5 Å². The van der Waals surface area contributed by atoms with Crippen LogP contribution in [0.15, 0.2) is 12.1 Å². The maximum atomic E-state index is 2.42. The van der Waals surface area contributed by atoms with Crippen LogP contribution in [-0.4, -0.2) is 4.57 Å². The van der Waals surface area contributed by atoms with Crippen molar-refractivity contribution in [3.8, 4) is 0 Å². The highest BCUT2D eigenvalue weighted by Crippen LogP contribution is 2.22. The molecule has 1 aliphatic rings. The van der Waals surface area contributed by atoms with Gasteiger partial charge in [0.15, 0.2) is 0 Å². The van der Waals surface area contributed by atoms with E-state index in [-0.39, 0.29) is 0 Å². The standard InChI is InChI=1S/C9H13N/c1-7-5-9-4-3-8(2)10(9)6-7/h3-4,7H,5-6H2,1-2H3. The minimum atomic E-state index is 0.856. The first-order chi connectivity index (χ1) is 4.77. The van der Waals surface area contributed by atoms with E-state index in [1.807, 2.05) is 0 Å². The van der Waals surface area contributed by atoms with Crippen LogP contribution in [0, 0.1) is 12.8 Å². The molecule has 0 saturated carbocycles. The molecule has 0 radical (unpaired) electrons. The molecule has 0 saturated heterocycles. The van der Waals surface area contributed by atoms with Crippen LogP contribution < -0.4 is 0 Å². The molecule has 0 amide bonds.